The standard InChI is InChI=1S/C16H15F2N5O2/c17-16(18)23-8-7-20-13(23)4-6-21-14(24)15(25)22-11-1-2-12-10(9-11)3-5-19-12/h1-3,5,7-9,16,19H,4,6H2,(H,21,24)(H,22,25). The molecule has 0 spiro atoms. The highest BCUT2D eigenvalue weighted by Gasteiger charge is 2.15. The summed E-state index contributed by atoms with van der Waals surface area (Å²) in [5, 5.41) is 5.78. The number of rotatable bonds is 5. The average molecular weight is 347 g/mol. The van der Waals surface area contributed by atoms with E-state index in [1.54, 1.807) is 24.4 Å². The van der Waals surface area contributed by atoms with Gasteiger partial charge in [-0.05, 0) is 24.3 Å². The summed E-state index contributed by atoms with van der Waals surface area (Å²) in [6.07, 6.45) is 4.27. The summed E-state index contributed by atoms with van der Waals surface area (Å²) in [5.41, 5.74) is 1.40. The summed E-state index contributed by atoms with van der Waals surface area (Å²) < 4.78 is 26.1. The first-order valence-corrected chi connectivity index (χ1v) is 7.51. The summed E-state index contributed by atoms with van der Waals surface area (Å²) in [6, 6.07) is 7.03. The maximum absolute atomic E-state index is 12.7. The van der Waals surface area contributed by atoms with Gasteiger partial charge in [-0.1, -0.05) is 0 Å². The molecule has 2 amide bonds. The van der Waals surface area contributed by atoms with Crippen molar-refractivity contribution >= 4 is 28.4 Å². The van der Waals surface area contributed by atoms with Crippen LogP contribution in [0.3, 0.4) is 0 Å². The van der Waals surface area contributed by atoms with Crippen LogP contribution in [0.4, 0.5) is 14.5 Å². The number of hydrogen-bond donors (Lipinski definition) is 3. The van der Waals surface area contributed by atoms with Crippen LogP contribution in [0, 0.1) is 0 Å². The van der Waals surface area contributed by atoms with E-state index >= 15 is 0 Å². The van der Waals surface area contributed by atoms with E-state index in [-0.39, 0.29) is 18.8 Å². The molecule has 0 saturated carbocycles. The first kappa shape index (κ1) is 16.6. The molecule has 0 aliphatic heterocycles. The van der Waals surface area contributed by atoms with Crippen molar-refractivity contribution in [2.45, 2.75) is 13.0 Å². The van der Waals surface area contributed by atoms with Gasteiger partial charge in [0.15, 0.2) is 0 Å². The molecule has 0 unspecified atom stereocenters. The normalized spacial score (nSPS) is 11.0. The molecule has 2 heterocycles. The molecular formula is C16H15F2N5O2. The number of aromatic nitrogens is 3. The predicted octanol–water partition coefficient (Wildman–Crippen LogP) is 2.06. The number of anilines is 1. The fourth-order valence-corrected chi connectivity index (χ4v) is 2.40. The van der Waals surface area contributed by atoms with Crippen LogP contribution in [0.2, 0.25) is 0 Å². The first-order chi connectivity index (χ1) is 12.0. The van der Waals surface area contributed by atoms with Crippen molar-refractivity contribution in [2.24, 2.45) is 0 Å². The molecular weight excluding hydrogens is 332 g/mol. The summed E-state index contributed by atoms with van der Waals surface area (Å²) in [6.45, 7) is -2.67. The third-order valence-corrected chi connectivity index (χ3v) is 3.61. The lowest BCUT2D eigenvalue weighted by atomic mass is 10.2. The number of nitrogens with zero attached hydrogens (tertiary/aromatic N) is 2. The van der Waals surface area contributed by atoms with E-state index in [1.807, 2.05) is 6.07 Å². The third kappa shape index (κ3) is 3.82. The highest BCUT2D eigenvalue weighted by Crippen LogP contribution is 2.17. The molecule has 7 nitrogen and oxygen atoms in total. The van der Waals surface area contributed by atoms with Crippen molar-refractivity contribution in [1.29, 1.82) is 0 Å². The molecule has 25 heavy (non-hydrogen) atoms. The number of fused-ring (bicyclic) bond motifs is 1. The molecule has 9 heteroatoms. The van der Waals surface area contributed by atoms with E-state index in [2.05, 4.69) is 20.6 Å². The van der Waals surface area contributed by atoms with Crippen LogP contribution < -0.4 is 10.6 Å². The first-order valence-electron chi connectivity index (χ1n) is 7.51. The van der Waals surface area contributed by atoms with Crippen molar-refractivity contribution < 1.29 is 18.4 Å². The molecule has 3 rings (SSSR count). The van der Waals surface area contributed by atoms with Gasteiger partial charge in [0.1, 0.15) is 5.82 Å². The number of aromatic amines is 1. The Hall–Kier alpha value is -3.23. The van der Waals surface area contributed by atoms with Gasteiger partial charge in [0.05, 0.1) is 0 Å². The summed E-state index contributed by atoms with van der Waals surface area (Å²) >= 11 is 0. The topological polar surface area (TPSA) is 91.8 Å². The molecule has 0 saturated heterocycles. The molecule has 0 aliphatic carbocycles. The number of H-pyrrole nitrogens is 1. The molecule has 0 fully saturated rings. The van der Waals surface area contributed by atoms with Crippen LogP contribution in [0.25, 0.3) is 10.9 Å². The second-order valence-electron chi connectivity index (χ2n) is 5.27. The number of imidazole rings is 1. The quantitative estimate of drug-likeness (QED) is 0.617. The minimum absolute atomic E-state index is 0.0207. The van der Waals surface area contributed by atoms with E-state index in [0.29, 0.717) is 10.3 Å². The van der Waals surface area contributed by atoms with Gasteiger partial charge in [-0.2, -0.15) is 8.78 Å². The monoisotopic (exact) mass is 347 g/mol. The lowest BCUT2D eigenvalue weighted by Gasteiger charge is -2.08. The van der Waals surface area contributed by atoms with Gasteiger partial charge in [-0.25, -0.2) is 4.98 Å². The highest BCUT2D eigenvalue weighted by atomic mass is 19.3. The molecule has 2 aromatic heterocycles. The van der Waals surface area contributed by atoms with E-state index in [4.69, 9.17) is 0 Å². The minimum Gasteiger partial charge on any atom is -0.361 e. The zero-order valence-electron chi connectivity index (χ0n) is 13.0. The molecule has 3 aromatic rings. The van der Waals surface area contributed by atoms with Gasteiger partial charge in [-0.3, -0.25) is 14.2 Å². The molecule has 0 bridgehead atoms. The van der Waals surface area contributed by atoms with Gasteiger partial charge in [0.25, 0.3) is 0 Å². The molecule has 3 N–H and O–H groups in total. The van der Waals surface area contributed by atoms with Crippen LogP contribution in [-0.2, 0) is 16.0 Å². The van der Waals surface area contributed by atoms with Crippen molar-refractivity contribution in [3.63, 3.8) is 0 Å². The van der Waals surface area contributed by atoms with Crippen molar-refractivity contribution in [1.82, 2.24) is 19.9 Å². The second-order valence-corrected chi connectivity index (χ2v) is 5.27. The minimum atomic E-state index is -2.69. The zero-order valence-corrected chi connectivity index (χ0v) is 13.0. The SMILES string of the molecule is O=C(NCCc1nccn1C(F)F)C(=O)Nc1ccc2[nH]ccc2c1. The van der Waals surface area contributed by atoms with E-state index in [0.717, 1.165) is 17.1 Å². The number of hydrogen-bond acceptors (Lipinski definition) is 3. The van der Waals surface area contributed by atoms with Gasteiger partial charge in [0, 0.05) is 48.1 Å². The summed E-state index contributed by atoms with van der Waals surface area (Å²) in [5.74, 6) is -1.54. The predicted molar refractivity (Wildman–Crippen MR) is 87.1 cm³/mol. The second kappa shape index (κ2) is 7.12. The van der Waals surface area contributed by atoms with Gasteiger partial charge in [-0.15, -0.1) is 0 Å². The zero-order chi connectivity index (χ0) is 17.8. The Morgan fingerprint density at radius 2 is 2.08 bits per heavy atom. The summed E-state index contributed by atoms with van der Waals surface area (Å²) in [7, 11) is 0. The van der Waals surface area contributed by atoms with E-state index in [1.165, 1.54) is 6.20 Å². The molecule has 130 valence electrons. The molecule has 0 atom stereocenters. The largest absolute Gasteiger partial charge is 0.361 e. The van der Waals surface area contributed by atoms with Crippen molar-refractivity contribution in [3.05, 3.63) is 48.7 Å². The van der Waals surface area contributed by atoms with Gasteiger partial charge in [0.2, 0.25) is 0 Å². The molecule has 0 radical (unpaired) electrons. The van der Waals surface area contributed by atoms with Crippen LogP contribution in [0.5, 0.6) is 0 Å². The Kier molecular flexibility index (Phi) is 4.73. The Morgan fingerprint density at radius 3 is 2.88 bits per heavy atom. The number of halogens is 2. The third-order valence-electron chi connectivity index (χ3n) is 3.61. The van der Waals surface area contributed by atoms with Gasteiger partial charge < -0.3 is 15.6 Å². The Morgan fingerprint density at radius 1 is 1.24 bits per heavy atom. The van der Waals surface area contributed by atoms with Crippen molar-refractivity contribution in [2.75, 3.05) is 11.9 Å². The molecule has 1 aromatic carbocycles. The number of benzene rings is 1. The van der Waals surface area contributed by atoms with E-state index in [9.17, 15) is 18.4 Å². The fraction of sp³-hybridized carbons (Fsp3) is 0.188. The summed E-state index contributed by atoms with van der Waals surface area (Å²) in [4.78, 5) is 30.5. The lowest BCUT2D eigenvalue weighted by Crippen LogP contribution is -2.36. The highest BCUT2D eigenvalue weighted by molar-refractivity contribution is 6.39. The average Bonchev–Trinajstić information content (AvgIpc) is 3.23. The maximum Gasteiger partial charge on any atom is 0.319 e. The number of carbonyl (C=O) groups excluding carboxylic acids is 2. The Bertz CT molecular complexity index is 903. The van der Waals surface area contributed by atoms with Crippen molar-refractivity contribution in [3.8, 4) is 0 Å². The van der Waals surface area contributed by atoms with Crippen LogP contribution in [0.15, 0.2) is 42.9 Å². The Labute approximate surface area is 141 Å². The fourth-order valence-electron chi connectivity index (χ4n) is 2.40. The number of alkyl halides is 2. The smallest absolute Gasteiger partial charge is 0.319 e. The Balaban J connectivity index is 1.52. The van der Waals surface area contributed by atoms with Crippen LogP contribution >= 0.6 is 0 Å². The van der Waals surface area contributed by atoms with Crippen LogP contribution in [-0.4, -0.2) is 32.9 Å². The van der Waals surface area contributed by atoms with Gasteiger partial charge >= 0.3 is 18.4 Å². The number of nitrogens with one attached hydrogen (secondary N) is 3. The lowest BCUT2D eigenvalue weighted by molar-refractivity contribution is -0.136. The number of amides is 2. The maximum atomic E-state index is 12.7. The van der Waals surface area contributed by atoms with Crippen LogP contribution in [0.1, 0.15) is 12.4 Å². The molecule has 0 aliphatic rings. The number of carbonyl (C=O) groups is 2. The van der Waals surface area contributed by atoms with E-state index < -0.39 is 18.4 Å².